The highest BCUT2D eigenvalue weighted by molar-refractivity contribution is 5.92. The van der Waals surface area contributed by atoms with E-state index >= 15 is 0 Å². The lowest BCUT2D eigenvalue weighted by Crippen LogP contribution is -2.51. The smallest absolute Gasteiger partial charge is 0.408 e. The summed E-state index contributed by atoms with van der Waals surface area (Å²) < 4.78 is 9.82. The minimum Gasteiger partial charge on any atom is -0.468 e. The number of benzene rings is 1. The van der Waals surface area contributed by atoms with Gasteiger partial charge in [-0.15, -0.1) is 0 Å². The Hall–Kier alpha value is -3.10. The van der Waals surface area contributed by atoms with Crippen LogP contribution in [0.15, 0.2) is 18.2 Å². The van der Waals surface area contributed by atoms with Crippen molar-refractivity contribution in [1.29, 1.82) is 0 Å². The van der Waals surface area contributed by atoms with Gasteiger partial charge in [-0.05, 0) is 59.1 Å². The molecule has 0 aliphatic heterocycles. The fraction of sp³-hybridized carbons (Fsp3) is 0.583. The monoisotopic (exact) mass is 463 g/mol. The highest BCUT2D eigenvalue weighted by atomic mass is 16.6. The van der Waals surface area contributed by atoms with Crippen molar-refractivity contribution in [2.75, 3.05) is 20.2 Å². The maximum absolute atomic E-state index is 13.3. The van der Waals surface area contributed by atoms with Crippen LogP contribution in [0.2, 0.25) is 0 Å². The molecule has 33 heavy (non-hydrogen) atoms. The molecule has 9 heteroatoms. The molecule has 0 radical (unpaired) electrons. The van der Waals surface area contributed by atoms with Crippen molar-refractivity contribution in [3.8, 4) is 0 Å². The first-order valence-corrected chi connectivity index (χ1v) is 11.0. The van der Waals surface area contributed by atoms with Gasteiger partial charge in [0.2, 0.25) is 11.8 Å². The van der Waals surface area contributed by atoms with E-state index in [0.717, 1.165) is 11.1 Å². The number of methoxy groups -OCH3 is 1. The highest BCUT2D eigenvalue weighted by Gasteiger charge is 2.35. The molecule has 0 aromatic heterocycles. The number of nitrogens with one attached hydrogen (secondary N) is 2. The van der Waals surface area contributed by atoms with E-state index in [9.17, 15) is 19.2 Å². The third-order valence-electron chi connectivity index (χ3n) is 5.02. The summed E-state index contributed by atoms with van der Waals surface area (Å²) in [4.78, 5) is 51.7. The number of amides is 3. The Bertz CT molecular complexity index is 862. The fourth-order valence-electron chi connectivity index (χ4n) is 3.27. The Kier molecular flexibility index (Phi) is 10.3. The molecule has 0 bridgehead atoms. The third kappa shape index (κ3) is 8.75. The number of hydrogen-bond acceptors (Lipinski definition) is 6. The number of alkyl carbamates (subject to hydrolysis) is 1. The quantitative estimate of drug-likeness (QED) is 0.545. The molecule has 1 aromatic rings. The average molecular weight is 464 g/mol. The van der Waals surface area contributed by atoms with Crippen molar-refractivity contribution in [3.05, 3.63) is 34.9 Å². The van der Waals surface area contributed by atoms with Crippen molar-refractivity contribution < 1.29 is 28.7 Å². The SMILES string of the molecule is CCC(C)N(C(=O)CNC(=O)OC(C)(C)C)C(C(=O)NCC(=O)OC)c1ccc(C)cc1C. The van der Waals surface area contributed by atoms with Gasteiger partial charge in [-0.3, -0.25) is 14.4 Å². The normalized spacial score (nSPS) is 12.8. The van der Waals surface area contributed by atoms with Crippen LogP contribution in [0.25, 0.3) is 0 Å². The van der Waals surface area contributed by atoms with Gasteiger partial charge < -0.3 is 25.0 Å². The summed E-state index contributed by atoms with van der Waals surface area (Å²) in [6.45, 7) is 12.0. The Morgan fingerprint density at radius 2 is 1.70 bits per heavy atom. The number of aryl methyl sites for hydroxylation is 2. The Morgan fingerprint density at radius 1 is 1.06 bits per heavy atom. The summed E-state index contributed by atoms with van der Waals surface area (Å²) in [5.41, 5.74) is 1.76. The lowest BCUT2D eigenvalue weighted by atomic mass is 9.95. The second-order valence-electron chi connectivity index (χ2n) is 8.97. The molecule has 2 unspecified atom stereocenters. The predicted octanol–water partition coefficient (Wildman–Crippen LogP) is 2.79. The Labute approximate surface area is 196 Å². The van der Waals surface area contributed by atoms with Crippen LogP contribution < -0.4 is 10.6 Å². The molecule has 0 heterocycles. The van der Waals surface area contributed by atoms with Gasteiger partial charge in [0.05, 0.1) is 7.11 Å². The summed E-state index contributed by atoms with van der Waals surface area (Å²) in [5, 5.41) is 5.03. The number of ether oxygens (including phenoxy) is 2. The van der Waals surface area contributed by atoms with Crippen LogP contribution in [0, 0.1) is 13.8 Å². The van der Waals surface area contributed by atoms with Crippen LogP contribution in [0.1, 0.15) is 63.8 Å². The predicted molar refractivity (Wildman–Crippen MR) is 125 cm³/mol. The van der Waals surface area contributed by atoms with Gasteiger partial charge in [0.1, 0.15) is 24.7 Å². The van der Waals surface area contributed by atoms with Crippen molar-refractivity contribution in [2.45, 2.75) is 72.6 Å². The summed E-state index contributed by atoms with van der Waals surface area (Å²) >= 11 is 0. The molecule has 3 amide bonds. The molecular formula is C24H37N3O6. The van der Waals surface area contributed by atoms with E-state index in [1.165, 1.54) is 12.0 Å². The van der Waals surface area contributed by atoms with Gasteiger partial charge in [0, 0.05) is 6.04 Å². The second kappa shape index (κ2) is 12.2. The number of carbonyl (C=O) groups excluding carboxylic acids is 4. The van der Waals surface area contributed by atoms with Crippen molar-refractivity contribution in [3.63, 3.8) is 0 Å². The summed E-state index contributed by atoms with van der Waals surface area (Å²) in [5.74, 6) is -1.57. The molecule has 2 N–H and O–H groups in total. The van der Waals surface area contributed by atoms with E-state index in [2.05, 4.69) is 15.4 Å². The minimum absolute atomic E-state index is 0.324. The van der Waals surface area contributed by atoms with Crippen LogP contribution in [0.3, 0.4) is 0 Å². The first-order valence-electron chi connectivity index (χ1n) is 11.0. The molecule has 0 saturated carbocycles. The van der Waals surface area contributed by atoms with Crippen LogP contribution in [-0.4, -0.2) is 60.6 Å². The Balaban J connectivity index is 3.30. The van der Waals surface area contributed by atoms with Crippen LogP contribution in [-0.2, 0) is 23.9 Å². The molecule has 0 aliphatic carbocycles. The third-order valence-corrected chi connectivity index (χ3v) is 5.02. The highest BCUT2D eigenvalue weighted by Crippen LogP contribution is 2.28. The molecular weight excluding hydrogens is 426 g/mol. The molecule has 184 valence electrons. The van der Waals surface area contributed by atoms with Gasteiger partial charge in [-0.25, -0.2) is 4.79 Å². The van der Waals surface area contributed by atoms with Crippen LogP contribution in [0.5, 0.6) is 0 Å². The number of hydrogen-bond donors (Lipinski definition) is 2. The van der Waals surface area contributed by atoms with Gasteiger partial charge in [-0.2, -0.15) is 0 Å². The zero-order valence-electron chi connectivity index (χ0n) is 20.9. The molecule has 0 spiro atoms. The molecule has 9 nitrogen and oxygen atoms in total. The first kappa shape index (κ1) is 27.9. The van der Waals surface area contributed by atoms with Gasteiger partial charge >= 0.3 is 12.1 Å². The molecule has 0 saturated heterocycles. The number of nitrogens with zero attached hydrogens (tertiary/aromatic N) is 1. The van der Waals surface area contributed by atoms with Crippen LogP contribution in [0.4, 0.5) is 4.79 Å². The van der Waals surface area contributed by atoms with E-state index < -0.39 is 35.5 Å². The molecule has 0 fully saturated rings. The minimum atomic E-state index is -1.00. The molecule has 1 aromatic carbocycles. The maximum atomic E-state index is 13.3. The van der Waals surface area contributed by atoms with E-state index in [1.54, 1.807) is 26.8 Å². The van der Waals surface area contributed by atoms with E-state index in [1.807, 2.05) is 39.8 Å². The average Bonchev–Trinajstić information content (AvgIpc) is 2.72. The van der Waals surface area contributed by atoms with E-state index in [0.29, 0.717) is 12.0 Å². The van der Waals surface area contributed by atoms with E-state index in [-0.39, 0.29) is 19.1 Å². The lowest BCUT2D eigenvalue weighted by molar-refractivity contribution is -0.145. The molecule has 1 rings (SSSR count). The van der Waals surface area contributed by atoms with E-state index in [4.69, 9.17) is 4.74 Å². The number of carbonyl (C=O) groups is 4. The standard InChI is InChI=1S/C24H37N3O6/c1-9-17(4)27(19(28)13-26-23(31)33-24(5,6)7)21(22(30)25-14-20(29)32-8)18-11-10-15(2)12-16(18)3/h10-12,17,21H,9,13-14H2,1-8H3,(H,25,30)(H,26,31). The zero-order chi connectivity index (χ0) is 25.3. The molecule has 2 atom stereocenters. The Morgan fingerprint density at radius 3 is 2.21 bits per heavy atom. The number of rotatable bonds is 9. The lowest BCUT2D eigenvalue weighted by Gasteiger charge is -2.36. The van der Waals surface area contributed by atoms with Gasteiger partial charge in [-0.1, -0.05) is 30.7 Å². The zero-order valence-corrected chi connectivity index (χ0v) is 20.9. The summed E-state index contributed by atoms with van der Waals surface area (Å²) in [6, 6.07) is 4.26. The summed E-state index contributed by atoms with van der Waals surface area (Å²) in [6.07, 6.45) is -0.151. The second-order valence-corrected chi connectivity index (χ2v) is 8.97. The first-order chi connectivity index (χ1) is 15.3. The molecule has 0 aliphatic rings. The largest absolute Gasteiger partial charge is 0.468 e. The van der Waals surface area contributed by atoms with Crippen molar-refractivity contribution in [1.82, 2.24) is 15.5 Å². The summed E-state index contributed by atoms with van der Waals surface area (Å²) in [7, 11) is 1.23. The van der Waals surface area contributed by atoms with Crippen molar-refractivity contribution >= 4 is 23.9 Å². The fourth-order valence-corrected chi connectivity index (χ4v) is 3.27. The van der Waals surface area contributed by atoms with Crippen LogP contribution >= 0.6 is 0 Å². The topological polar surface area (TPSA) is 114 Å². The van der Waals surface area contributed by atoms with Crippen molar-refractivity contribution in [2.24, 2.45) is 0 Å². The van der Waals surface area contributed by atoms with Gasteiger partial charge in [0.15, 0.2) is 0 Å². The van der Waals surface area contributed by atoms with Gasteiger partial charge in [0.25, 0.3) is 0 Å². The maximum Gasteiger partial charge on any atom is 0.408 e. The number of esters is 1.